The minimum Gasteiger partial charge on any atom is -0.346 e. The normalized spacial score (nSPS) is 18.3. The molecule has 114 valence electrons. The molecule has 4 heterocycles. The third kappa shape index (κ3) is 2.13. The molecule has 3 aromatic heterocycles. The van der Waals surface area contributed by atoms with Crippen LogP contribution in [-0.4, -0.2) is 21.5 Å². The van der Waals surface area contributed by atoms with Crippen LogP contribution in [0.4, 0.5) is 5.82 Å². The van der Waals surface area contributed by atoms with Crippen molar-refractivity contribution in [1.29, 1.82) is 0 Å². The molecular formula is C17H14N4S2. The van der Waals surface area contributed by atoms with Gasteiger partial charge in [-0.3, -0.25) is 0 Å². The van der Waals surface area contributed by atoms with Gasteiger partial charge in [0.25, 0.3) is 0 Å². The molecule has 0 bridgehead atoms. The highest BCUT2D eigenvalue weighted by Gasteiger charge is 2.30. The fraction of sp³-hybridized carbons (Fsp3) is 0.235. The monoisotopic (exact) mass is 338 g/mol. The molecule has 1 aliphatic heterocycles. The highest BCUT2D eigenvalue weighted by atomic mass is 32.1. The third-order valence-corrected chi connectivity index (χ3v) is 6.32. The molecule has 5 rings (SSSR count). The zero-order valence-corrected chi connectivity index (χ0v) is 14.0. The molecule has 1 saturated heterocycles. The molecule has 0 N–H and O–H groups in total. The average molecular weight is 338 g/mol. The topological polar surface area (TPSA) is 41.9 Å². The number of nitrogens with zero attached hydrogens (tertiary/aromatic N) is 4. The molecular weight excluding hydrogens is 324 g/mol. The number of thiophene rings is 1. The summed E-state index contributed by atoms with van der Waals surface area (Å²) in [6, 6.07) is 10.8. The van der Waals surface area contributed by atoms with Crippen LogP contribution in [0.1, 0.15) is 23.9 Å². The second-order valence-corrected chi connectivity index (χ2v) is 7.66. The summed E-state index contributed by atoms with van der Waals surface area (Å²) in [6.45, 7) is 1.03. The highest BCUT2D eigenvalue weighted by Crippen LogP contribution is 2.40. The van der Waals surface area contributed by atoms with Crippen LogP contribution in [0.25, 0.3) is 20.4 Å². The van der Waals surface area contributed by atoms with Crippen molar-refractivity contribution in [2.24, 2.45) is 0 Å². The first-order valence-corrected chi connectivity index (χ1v) is 9.40. The van der Waals surface area contributed by atoms with Crippen LogP contribution in [0.15, 0.2) is 42.0 Å². The summed E-state index contributed by atoms with van der Waals surface area (Å²) in [5.41, 5.74) is 1.10. The number of hydrogen-bond donors (Lipinski definition) is 0. The van der Waals surface area contributed by atoms with Crippen LogP contribution in [-0.2, 0) is 0 Å². The molecule has 0 saturated carbocycles. The van der Waals surface area contributed by atoms with Crippen LogP contribution in [0.5, 0.6) is 0 Å². The Morgan fingerprint density at radius 3 is 3.04 bits per heavy atom. The van der Waals surface area contributed by atoms with Crippen LogP contribution in [0, 0.1) is 0 Å². The second kappa shape index (κ2) is 5.25. The van der Waals surface area contributed by atoms with Gasteiger partial charge in [-0.15, -0.1) is 22.7 Å². The van der Waals surface area contributed by atoms with E-state index in [1.807, 2.05) is 0 Å². The minimum atomic E-state index is 0.324. The Bertz CT molecular complexity index is 957. The van der Waals surface area contributed by atoms with Gasteiger partial charge in [-0.2, -0.15) is 0 Å². The van der Waals surface area contributed by atoms with Crippen molar-refractivity contribution in [2.45, 2.75) is 18.9 Å². The van der Waals surface area contributed by atoms with Crippen LogP contribution in [0.3, 0.4) is 0 Å². The lowest BCUT2D eigenvalue weighted by molar-refractivity contribution is 0.709. The smallest absolute Gasteiger partial charge is 0.141 e. The maximum absolute atomic E-state index is 4.87. The van der Waals surface area contributed by atoms with Crippen molar-refractivity contribution in [3.05, 3.63) is 47.0 Å². The summed E-state index contributed by atoms with van der Waals surface area (Å²) in [6.07, 6.45) is 3.99. The number of hydrogen-bond acceptors (Lipinski definition) is 6. The van der Waals surface area contributed by atoms with Gasteiger partial charge in [0.15, 0.2) is 0 Å². The summed E-state index contributed by atoms with van der Waals surface area (Å²) < 4.78 is 1.26. The molecule has 4 nitrogen and oxygen atoms in total. The lowest BCUT2D eigenvalue weighted by Crippen LogP contribution is -2.23. The van der Waals surface area contributed by atoms with Gasteiger partial charge in [-0.05, 0) is 36.4 Å². The van der Waals surface area contributed by atoms with E-state index in [-0.39, 0.29) is 0 Å². The molecule has 1 aromatic carbocycles. The summed E-state index contributed by atoms with van der Waals surface area (Å²) in [5.74, 6) is 1.05. The molecule has 6 heteroatoms. The summed E-state index contributed by atoms with van der Waals surface area (Å²) in [4.78, 5) is 17.3. The Morgan fingerprint density at radius 1 is 1.13 bits per heavy atom. The molecule has 0 aliphatic carbocycles. The first-order valence-electron chi connectivity index (χ1n) is 7.70. The molecule has 0 amide bonds. The molecule has 1 unspecified atom stereocenters. The van der Waals surface area contributed by atoms with Crippen LogP contribution in [0.2, 0.25) is 0 Å². The van der Waals surface area contributed by atoms with Gasteiger partial charge in [0.2, 0.25) is 0 Å². The average Bonchev–Trinajstić information content (AvgIpc) is 3.31. The number of fused-ring (bicyclic) bond motifs is 2. The fourth-order valence-electron chi connectivity index (χ4n) is 3.32. The lowest BCUT2D eigenvalue weighted by atomic mass is 10.2. The Morgan fingerprint density at radius 2 is 2.09 bits per heavy atom. The van der Waals surface area contributed by atoms with Gasteiger partial charge in [0.05, 0.1) is 21.6 Å². The minimum absolute atomic E-state index is 0.324. The number of thiazole rings is 1. The van der Waals surface area contributed by atoms with E-state index in [4.69, 9.17) is 4.98 Å². The van der Waals surface area contributed by atoms with Crippen molar-refractivity contribution >= 4 is 48.9 Å². The summed E-state index contributed by atoms with van der Waals surface area (Å²) >= 11 is 3.48. The van der Waals surface area contributed by atoms with Crippen molar-refractivity contribution in [3.8, 4) is 0 Å². The van der Waals surface area contributed by atoms with Crippen LogP contribution >= 0.6 is 22.7 Å². The van der Waals surface area contributed by atoms with Gasteiger partial charge in [-0.25, -0.2) is 15.0 Å². The Balaban J connectivity index is 1.61. The first kappa shape index (κ1) is 13.4. The molecule has 23 heavy (non-hydrogen) atoms. The quantitative estimate of drug-likeness (QED) is 0.534. The summed E-state index contributed by atoms with van der Waals surface area (Å²) in [5, 5.41) is 4.45. The predicted octanol–water partition coefficient (Wildman–Crippen LogP) is 4.64. The van der Waals surface area contributed by atoms with E-state index in [2.05, 4.69) is 50.6 Å². The molecule has 1 aliphatic rings. The number of para-hydroxylation sites is 1. The standard InChI is InChI=1S/C17H14N4S2/c1-2-6-14-12(4-1)20-17(23-14)13-5-3-8-21(13)15-11-7-9-22-16(11)19-10-18-15/h1-2,4,6-7,9-10,13H,3,5,8H2. The SMILES string of the molecule is c1ccc2sc(C3CCCN3c3ncnc4sccc34)nc2c1. The van der Waals surface area contributed by atoms with E-state index < -0.39 is 0 Å². The number of anilines is 1. The van der Waals surface area contributed by atoms with Crippen molar-refractivity contribution in [3.63, 3.8) is 0 Å². The van der Waals surface area contributed by atoms with E-state index in [1.165, 1.54) is 16.1 Å². The second-order valence-electron chi connectivity index (χ2n) is 5.71. The Kier molecular flexibility index (Phi) is 3.06. The van der Waals surface area contributed by atoms with Gasteiger partial charge >= 0.3 is 0 Å². The van der Waals surface area contributed by atoms with E-state index in [9.17, 15) is 0 Å². The van der Waals surface area contributed by atoms with Gasteiger partial charge in [-0.1, -0.05) is 12.1 Å². The van der Waals surface area contributed by atoms with Gasteiger partial charge in [0.1, 0.15) is 22.0 Å². The van der Waals surface area contributed by atoms with E-state index in [0.29, 0.717) is 6.04 Å². The van der Waals surface area contributed by atoms with E-state index >= 15 is 0 Å². The summed E-state index contributed by atoms with van der Waals surface area (Å²) in [7, 11) is 0. The Labute approximate surface area is 141 Å². The van der Waals surface area contributed by atoms with Crippen molar-refractivity contribution in [1.82, 2.24) is 15.0 Å². The zero-order chi connectivity index (χ0) is 15.2. The molecule has 4 aromatic rings. The molecule has 0 spiro atoms. The molecule has 1 fully saturated rings. The van der Waals surface area contributed by atoms with E-state index in [1.54, 1.807) is 29.0 Å². The molecule has 0 radical (unpaired) electrons. The third-order valence-electron chi connectivity index (χ3n) is 4.36. The largest absolute Gasteiger partial charge is 0.346 e. The lowest BCUT2D eigenvalue weighted by Gasteiger charge is -2.24. The fourth-order valence-corrected chi connectivity index (χ4v) is 5.16. The van der Waals surface area contributed by atoms with Gasteiger partial charge < -0.3 is 4.90 Å². The zero-order valence-electron chi connectivity index (χ0n) is 12.3. The number of aromatic nitrogens is 3. The van der Waals surface area contributed by atoms with Crippen molar-refractivity contribution < 1.29 is 0 Å². The predicted molar refractivity (Wildman–Crippen MR) is 96.4 cm³/mol. The number of rotatable bonds is 2. The van der Waals surface area contributed by atoms with Crippen LogP contribution < -0.4 is 4.90 Å². The maximum atomic E-state index is 4.87. The van der Waals surface area contributed by atoms with Gasteiger partial charge in [0, 0.05) is 6.54 Å². The van der Waals surface area contributed by atoms with E-state index in [0.717, 1.165) is 34.5 Å². The molecule has 1 atom stereocenters. The first-order chi connectivity index (χ1) is 11.4. The number of benzene rings is 1. The van der Waals surface area contributed by atoms with Crippen molar-refractivity contribution in [2.75, 3.05) is 11.4 Å². The highest BCUT2D eigenvalue weighted by molar-refractivity contribution is 7.18. The maximum Gasteiger partial charge on any atom is 0.141 e. The Hall–Kier alpha value is -2.05.